The highest BCUT2D eigenvalue weighted by molar-refractivity contribution is 7.16. The van der Waals surface area contributed by atoms with Gasteiger partial charge in [-0.15, -0.1) is 11.3 Å². The lowest BCUT2D eigenvalue weighted by Crippen LogP contribution is -2.35. The monoisotopic (exact) mass is 301 g/mol. The molecule has 2 rings (SSSR count). The van der Waals surface area contributed by atoms with E-state index < -0.39 is 5.97 Å². The van der Waals surface area contributed by atoms with Gasteiger partial charge >= 0.3 is 5.97 Å². The van der Waals surface area contributed by atoms with Gasteiger partial charge in [0.2, 0.25) is 0 Å². The van der Waals surface area contributed by atoms with Crippen LogP contribution >= 0.6 is 22.9 Å². The number of carboxylic acid groups (broad SMARTS) is 1. The normalized spacial score (nSPS) is 19.5. The Morgan fingerprint density at radius 1 is 1.53 bits per heavy atom. The third-order valence-electron chi connectivity index (χ3n) is 3.97. The van der Waals surface area contributed by atoms with Crippen molar-refractivity contribution in [2.45, 2.75) is 38.6 Å². The molecule has 0 spiro atoms. The molecule has 19 heavy (non-hydrogen) atoms. The van der Waals surface area contributed by atoms with Gasteiger partial charge in [0, 0.05) is 17.3 Å². The average molecular weight is 302 g/mol. The first-order valence-corrected chi connectivity index (χ1v) is 7.97. The maximum Gasteiger partial charge on any atom is 0.303 e. The highest BCUT2D eigenvalue weighted by Gasteiger charge is 2.24. The Balaban J connectivity index is 1.81. The van der Waals surface area contributed by atoms with E-state index >= 15 is 0 Å². The van der Waals surface area contributed by atoms with E-state index in [1.54, 1.807) is 11.3 Å². The Morgan fingerprint density at radius 2 is 2.21 bits per heavy atom. The molecule has 1 saturated heterocycles. The minimum atomic E-state index is -0.677. The van der Waals surface area contributed by atoms with E-state index in [4.69, 9.17) is 16.7 Å². The summed E-state index contributed by atoms with van der Waals surface area (Å²) < 4.78 is 0.846. The second-order valence-corrected chi connectivity index (χ2v) is 6.98. The molecular weight excluding hydrogens is 282 g/mol. The van der Waals surface area contributed by atoms with Crippen LogP contribution in [0.4, 0.5) is 0 Å². The van der Waals surface area contributed by atoms with Gasteiger partial charge in [-0.2, -0.15) is 0 Å². The van der Waals surface area contributed by atoms with Gasteiger partial charge in [0.15, 0.2) is 0 Å². The third kappa shape index (κ3) is 4.20. The fourth-order valence-corrected chi connectivity index (χ4v) is 3.84. The van der Waals surface area contributed by atoms with Crippen molar-refractivity contribution in [3.05, 3.63) is 21.3 Å². The maximum atomic E-state index is 10.6. The second kappa shape index (κ2) is 6.73. The van der Waals surface area contributed by atoms with E-state index in [1.165, 1.54) is 4.88 Å². The molecule has 0 radical (unpaired) electrons. The smallest absolute Gasteiger partial charge is 0.303 e. The molecule has 2 heterocycles. The molecule has 1 N–H and O–H groups in total. The van der Waals surface area contributed by atoms with Crippen LogP contribution in [0.3, 0.4) is 0 Å². The SMILES string of the molecule is CC(c1ccc(Cl)s1)N1CCC(CCC(=O)O)CC1. The van der Waals surface area contributed by atoms with Crippen LogP contribution in [0.5, 0.6) is 0 Å². The van der Waals surface area contributed by atoms with Crippen LogP contribution in [-0.2, 0) is 4.79 Å². The zero-order chi connectivity index (χ0) is 13.8. The molecule has 1 fully saturated rings. The lowest BCUT2D eigenvalue weighted by atomic mass is 9.91. The van der Waals surface area contributed by atoms with Crippen molar-refractivity contribution in [1.82, 2.24) is 4.90 Å². The predicted molar refractivity (Wildman–Crippen MR) is 78.9 cm³/mol. The van der Waals surface area contributed by atoms with Crippen molar-refractivity contribution in [3.8, 4) is 0 Å². The molecule has 1 aliphatic heterocycles. The summed E-state index contributed by atoms with van der Waals surface area (Å²) in [6.45, 7) is 4.34. The Labute approximate surface area is 123 Å². The van der Waals surface area contributed by atoms with Gasteiger partial charge in [0.05, 0.1) is 4.34 Å². The van der Waals surface area contributed by atoms with Crippen LogP contribution in [0.15, 0.2) is 12.1 Å². The number of thiophene rings is 1. The zero-order valence-electron chi connectivity index (χ0n) is 11.1. The topological polar surface area (TPSA) is 40.5 Å². The molecule has 1 aliphatic rings. The molecule has 0 aliphatic carbocycles. The van der Waals surface area contributed by atoms with Crippen molar-refractivity contribution in [2.75, 3.05) is 13.1 Å². The standard InChI is InChI=1S/C14H20ClNO2S/c1-10(12-3-4-13(15)19-12)16-8-6-11(7-9-16)2-5-14(17)18/h3-4,10-11H,2,5-9H2,1H3,(H,17,18). The summed E-state index contributed by atoms with van der Waals surface area (Å²) >= 11 is 7.63. The summed E-state index contributed by atoms with van der Waals surface area (Å²) in [5.41, 5.74) is 0. The first-order chi connectivity index (χ1) is 9.06. The van der Waals surface area contributed by atoms with E-state index in [-0.39, 0.29) is 0 Å². The fourth-order valence-electron chi connectivity index (χ4n) is 2.69. The molecule has 1 aromatic heterocycles. The number of carbonyl (C=O) groups is 1. The Kier molecular flexibility index (Phi) is 5.25. The maximum absolute atomic E-state index is 10.6. The number of hydrogen-bond acceptors (Lipinski definition) is 3. The molecule has 0 bridgehead atoms. The van der Waals surface area contributed by atoms with Gasteiger partial charge in [-0.05, 0) is 57.3 Å². The molecular formula is C14H20ClNO2S. The Bertz CT molecular complexity index is 427. The van der Waals surface area contributed by atoms with Crippen LogP contribution in [0.1, 0.15) is 43.5 Å². The number of likely N-dealkylation sites (tertiary alicyclic amines) is 1. The third-order valence-corrected chi connectivity index (χ3v) is 5.37. The largest absolute Gasteiger partial charge is 0.481 e. The first kappa shape index (κ1) is 14.8. The summed E-state index contributed by atoms with van der Waals surface area (Å²) in [6, 6.07) is 4.48. The minimum absolute atomic E-state index is 0.306. The number of hydrogen-bond donors (Lipinski definition) is 1. The van der Waals surface area contributed by atoms with Crippen LogP contribution in [0.25, 0.3) is 0 Å². The molecule has 5 heteroatoms. The van der Waals surface area contributed by atoms with Gasteiger partial charge in [-0.3, -0.25) is 9.69 Å². The summed E-state index contributed by atoms with van der Waals surface area (Å²) in [4.78, 5) is 14.4. The number of nitrogens with zero attached hydrogens (tertiary/aromatic N) is 1. The van der Waals surface area contributed by atoms with E-state index in [9.17, 15) is 4.79 Å². The van der Waals surface area contributed by atoms with E-state index in [2.05, 4.69) is 17.9 Å². The van der Waals surface area contributed by atoms with Crippen LogP contribution in [0, 0.1) is 5.92 Å². The number of rotatable bonds is 5. The predicted octanol–water partition coefficient (Wildman–Crippen LogP) is 4.04. The van der Waals surface area contributed by atoms with Crippen molar-refractivity contribution in [3.63, 3.8) is 0 Å². The average Bonchev–Trinajstić information content (AvgIpc) is 2.83. The highest BCUT2D eigenvalue weighted by Crippen LogP contribution is 2.33. The number of piperidine rings is 1. The lowest BCUT2D eigenvalue weighted by molar-refractivity contribution is -0.137. The quantitative estimate of drug-likeness (QED) is 0.892. The summed E-state index contributed by atoms with van der Waals surface area (Å²) in [6.07, 6.45) is 3.34. The van der Waals surface area contributed by atoms with Gasteiger partial charge in [0.1, 0.15) is 0 Å². The molecule has 106 valence electrons. The minimum Gasteiger partial charge on any atom is -0.481 e. The first-order valence-electron chi connectivity index (χ1n) is 6.77. The number of carboxylic acids is 1. The second-order valence-electron chi connectivity index (χ2n) is 5.23. The summed E-state index contributed by atoms with van der Waals surface area (Å²) in [7, 11) is 0. The fraction of sp³-hybridized carbons (Fsp3) is 0.643. The van der Waals surface area contributed by atoms with E-state index in [0.29, 0.717) is 18.4 Å². The molecule has 0 saturated carbocycles. The van der Waals surface area contributed by atoms with Gasteiger partial charge in [0.25, 0.3) is 0 Å². The van der Waals surface area contributed by atoms with E-state index in [1.807, 2.05) is 6.07 Å². The van der Waals surface area contributed by atoms with Crippen LogP contribution < -0.4 is 0 Å². The van der Waals surface area contributed by atoms with Gasteiger partial charge in [-0.1, -0.05) is 11.6 Å². The molecule has 0 aromatic carbocycles. The van der Waals surface area contributed by atoms with Crippen molar-refractivity contribution in [1.29, 1.82) is 0 Å². The van der Waals surface area contributed by atoms with Gasteiger partial charge in [-0.25, -0.2) is 0 Å². The Hall–Kier alpha value is -0.580. The summed E-state index contributed by atoms with van der Waals surface area (Å²) in [5, 5.41) is 8.71. The van der Waals surface area contributed by atoms with Crippen molar-refractivity contribution < 1.29 is 9.90 Å². The summed E-state index contributed by atoms with van der Waals surface area (Å²) in [5.74, 6) is -0.101. The van der Waals surface area contributed by atoms with Crippen LogP contribution in [0.2, 0.25) is 4.34 Å². The highest BCUT2D eigenvalue weighted by atomic mass is 35.5. The zero-order valence-corrected chi connectivity index (χ0v) is 12.7. The van der Waals surface area contributed by atoms with Crippen molar-refractivity contribution in [2.24, 2.45) is 5.92 Å². The van der Waals surface area contributed by atoms with Gasteiger partial charge < -0.3 is 5.11 Å². The molecule has 1 unspecified atom stereocenters. The molecule has 1 aromatic rings. The molecule has 3 nitrogen and oxygen atoms in total. The number of halogens is 1. The number of aliphatic carboxylic acids is 1. The Morgan fingerprint density at radius 3 is 2.74 bits per heavy atom. The molecule has 1 atom stereocenters. The van der Waals surface area contributed by atoms with Crippen molar-refractivity contribution >= 4 is 28.9 Å². The lowest BCUT2D eigenvalue weighted by Gasteiger charge is -2.35. The van der Waals surface area contributed by atoms with Crippen LogP contribution in [-0.4, -0.2) is 29.1 Å². The molecule has 0 amide bonds. The van der Waals surface area contributed by atoms with E-state index in [0.717, 1.165) is 36.7 Å².